The Balaban J connectivity index is 1.58. The molecular weight excluding hydrogens is 432 g/mol. The second kappa shape index (κ2) is 11.7. The summed E-state index contributed by atoms with van der Waals surface area (Å²) in [5, 5.41) is 14.7. The van der Waals surface area contributed by atoms with Crippen LogP contribution >= 0.6 is 0 Å². The van der Waals surface area contributed by atoms with E-state index in [0.717, 1.165) is 28.7 Å². The maximum atomic E-state index is 12.6. The molecule has 2 amide bonds. The Hall–Kier alpha value is -3.35. The Morgan fingerprint density at radius 2 is 1.53 bits per heavy atom. The van der Waals surface area contributed by atoms with E-state index in [-0.39, 0.29) is 37.2 Å². The second-order valence-corrected chi connectivity index (χ2v) is 9.18. The number of fused-ring (bicyclic) bond motifs is 3. The molecule has 0 fully saturated rings. The highest BCUT2D eigenvalue weighted by atomic mass is 16.5. The normalized spacial score (nSPS) is 14.1. The molecule has 182 valence electrons. The van der Waals surface area contributed by atoms with E-state index >= 15 is 0 Å². The summed E-state index contributed by atoms with van der Waals surface area (Å²) in [7, 11) is 0. The van der Waals surface area contributed by atoms with Crippen LogP contribution in [0.4, 0.5) is 4.79 Å². The highest BCUT2D eigenvalue weighted by molar-refractivity contribution is 5.80. The number of carbonyl (C=O) groups is 3. The summed E-state index contributed by atoms with van der Waals surface area (Å²) >= 11 is 0. The minimum absolute atomic E-state index is 0.0141. The summed E-state index contributed by atoms with van der Waals surface area (Å²) in [4.78, 5) is 36.3. The van der Waals surface area contributed by atoms with Crippen LogP contribution < -0.4 is 10.6 Å². The molecule has 3 N–H and O–H groups in total. The van der Waals surface area contributed by atoms with Crippen LogP contribution in [0.1, 0.15) is 63.5 Å². The predicted octanol–water partition coefficient (Wildman–Crippen LogP) is 4.70. The first-order chi connectivity index (χ1) is 16.3. The molecule has 2 aromatic rings. The minimum atomic E-state index is -0.958. The second-order valence-electron chi connectivity index (χ2n) is 9.18. The number of hydrogen-bond donors (Lipinski definition) is 3. The largest absolute Gasteiger partial charge is 0.481 e. The summed E-state index contributed by atoms with van der Waals surface area (Å²) < 4.78 is 5.61. The Kier molecular flexibility index (Phi) is 8.68. The van der Waals surface area contributed by atoms with Crippen molar-refractivity contribution in [2.45, 2.75) is 64.5 Å². The zero-order chi connectivity index (χ0) is 24.7. The average molecular weight is 467 g/mol. The van der Waals surface area contributed by atoms with Gasteiger partial charge in [-0.3, -0.25) is 9.59 Å². The first-order valence-electron chi connectivity index (χ1n) is 11.9. The fourth-order valence-corrected chi connectivity index (χ4v) is 4.51. The number of carboxylic acids is 1. The van der Waals surface area contributed by atoms with Gasteiger partial charge in [0, 0.05) is 24.4 Å². The van der Waals surface area contributed by atoms with E-state index in [1.165, 1.54) is 0 Å². The Labute approximate surface area is 200 Å². The first kappa shape index (κ1) is 25.3. The van der Waals surface area contributed by atoms with Crippen LogP contribution in [0.5, 0.6) is 0 Å². The van der Waals surface area contributed by atoms with E-state index in [9.17, 15) is 14.4 Å². The molecule has 1 aliphatic rings. The Morgan fingerprint density at radius 3 is 2.06 bits per heavy atom. The average Bonchev–Trinajstić information content (AvgIpc) is 3.11. The van der Waals surface area contributed by atoms with E-state index in [1.54, 1.807) is 0 Å². The number of carboxylic acid groups (broad SMARTS) is 1. The maximum absolute atomic E-state index is 12.6. The molecule has 7 nitrogen and oxygen atoms in total. The van der Waals surface area contributed by atoms with Crippen molar-refractivity contribution < 1.29 is 24.2 Å². The van der Waals surface area contributed by atoms with Gasteiger partial charge < -0.3 is 20.5 Å². The molecule has 0 aromatic heterocycles. The third-order valence-electron chi connectivity index (χ3n) is 6.28. The van der Waals surface area contributed by atoms with Crippen molar-refractivity contribution in [1.82, 2.24) is 10.6 Å². The molecule has 3 rings (SSSR count). The van der Waals surface area contributed by atoms with Gasteiger partial charge in [0.2, 0.25) is 5.91 Å². The van der Waals surface area contributed by atoms with E-state index in [1.807, 2.05) is 45.0 Å². The van der Waals surface area contributed by atoms with E-state index < -0.39 is 24.1 Å². The van der Waals surface area contributed by atoms with Crippen LogP contribution in [0.15, 0.2) is 48.5 Å². The Morgan fingerprint density at radius 1 is 0.941 bits per heavy atom. The van der Waals surface area contributed by atoms with Crippen molar-refractivity contribution in [3.63, 3.8) is 0 Å². The molecule has 0 spiro atoms. The molecular formula is C27H34N2O5. The molecule has 0 aliphatic heterocycles. The summed E-state index contributed by atoms with van der Waals surface area (Å²) in [5.41, 5.74) is 4.60. The highest BCUT2D eigenvalue weighted by Gasteiger charge is 2.29. The quantitative estimate of drug-likeness (QED) is 0.445. The molecule has 0 saturated carbocycles. The van der Waals surface area contributed by atoms with Crippen molar-refractivity contribution >= 4 is 18.0 Å². The lowest BCUT2D eigenvalue weighted by atomic mass is 9.98. The number of ether oxygens (including phenoxy) is 1. The van der Waals surface area contributed by atoms with Crippen molar-refractivity contribution in [3.05, 3.63) is 59.7 Å². The van der Waals surface area contributed by atoms with Gasteiger partial charge in [0.1, 0.15) is 6.61 Å². The fraction of sp³-hybridized carbons (Fsp3) is 0.444. The molecule has 0 bridgehead atoms. The van der Waals surface area contributed by atoms with Crippen molar-refractivity contribution in [2.24, 2.45) is 5.92 Å². The highest BCUT2D eigenvalue weighted by Crippen LogP contribution is 2.44. The van der Waals surface area contributed by atoms with E-state index in [0.29, 0.717) is 6.42 Å². The number of rotatable bonds is 11. The number of benzene rings is 2. The van der Waals surface area contributed by atoms with E-state index in [2.05, 4.69) is 34.9 Å². The molecule has 1 unspecified atom stereocenters. The molecule has 2 atom stereocenters. The number of amides is 2. The molecule has 0 radical (unpaired) electrons. The SMILES string of the molecule is CCC[C@@H](CC(=O)NC(CC(=O)O)C(C)C)NC(=O)OCC1c2ccccc2-c2ccccc21. The maximum Gasteiger partial charge on any atom is 0.407 e. The number of alkyl carbamates (subject to hydrolysis) is 1. The third kappa shape index (κ3) is 6.37. The number of carbonyl (C=O) groups excluding carboxylic acids is 2. The van der Waals surface area contributed by atoms with E-state index in [4.69, 9.17) is 9.84 Å². The first-order valence-corrected chi connectivity index (χ1v) is 11.9. The van der Waals surface area contributed by atoms with Crippen molar-refractivity contribution in [3.8, 4) is 11.1 Å². The van der Waals surface area contributed by atoms with Gasteiger partial charge in [-0.2, -0.15) is 0 Å². The van der Waals surface area contributed by atoms with Gasteiger partial charge in [0.15, 0.2) is 0 Å². The molecule has 34 heavy (non-hydrogen) atoms. The van der Waals surface area contributed by atoms with Crippen LogP contribution in [0.3, 0.4) is 0 Å². The van der Waals surface area contributed by atoms with Crippen molar-refractivity contribution in [2.75, 3.05) is 6.61 Å². The van der Waals surface area contributed by atoms with Gasteiger partial charge in [-0.15, -0.1) is 0 Å². The van der Waals surface area contributed by atoms with Crippen LogP contribution in [0.2, 0.25) is 0 Å². The molecule has 0 saturated heterocycles. The third-order valence-corrected chi connectivity index (χ3v) is 6.28. The lowest BCUT2D eigenvalue weighted by molar-refractivity contribution is -0.138. The summed E-state index contributed by atoms with van der Waals surface area (Å²) in [6.45, 7) is 5.92. The van der Waals surface area contributed by atoms with Gasteiger partial charge in [-0.05, 0) is 34.6 Å². The smallest absolute Gasteiger partial charge is 0.407 e. The standard InChI is InChI=1S/C27H34N2O5/c1-4-9-18(14-25(30)29-24(17(2)3)15-26(31)32)28-27(33)34-16-23-21-12-7-5-10-19(21)20-11-6-8-13-22(20)23/h5-8,10-13,17-18,23-24H,4,9,14-16H2,1-3H3,(H,28,33)(H,29,30)(H,31,32)/t18-,24?/m0/s1. The van der Waals surface area contributed by atoms with Gasteiger partial charge >= 0.3 is 12.1 Å². The molecule has 2 aromatic carbocycles. The van der Waals surface area contributed by atoms with Crippen LogP contribution in [0.25, 0.3) is 11.1 Å². The van der Waals surface area contributed by atoms with Crippen molar-refractivity contribution in [1.29, 1.82) is 0 Å². The summed E-state index contributed by atoms with van der Waals surface area (Å²) in [5.74, 6) is -1.29. The lowest BCUT2D eigenvalue weighted by Crippen LogP contribution is -2.44. The minimum Gasteiger partial charge on any atom is -0.481 e. The summed E-state index contributed by atoms with van der Waals surface area (Å²) in [6.07, 6.45) is 0.773. The molecule has 1 aliphatic carbocycles. The number of nitrogens with one attached hydrogen (secondary N) is 2. The van der Waals surface area contributed by atoms with Gasteiger partial charge in [0.05, 0.1) is 6.42 Å². The number of aliphatic carboxylic acids is 1. The topological polar surface area (TPSA) is 105 Å². The monoisotopic (exact) mass is 466 g/mol. The fourth-order valence-electron chi connectivity index (χ4n) is 4.51. The van der Waals surface area contributed by atoms with Crippen LogP contribution in [-0.4, -0.2) is 41.8 Å². The lowest BCUT2D eigenvalue weighted by Gasteiger charge is -2.23. The zero-order valence-electron chi connectivity index (χ0n) is 20.0. The molecule has 0 heterocycles. The Bertz CT molecular complexity index is 974. The van der Waals surface area contributed by atoms with Crippen LogP contribution in [-0.2, 0) is 14.3 Å². The zero-order valence-corrected chi connectivity index (χ0v) is 20.0. The van der Waals surface area contributed by atoms with Gasteiger partial charge in [0.25, 0.3) is 0 Å². The van der Waals surface area contributed by atoms with Gasteiger partial charge in [-0.1, -0.05) is 75.7 Å². The van der Waals surface area contributed by atoms with Gasteiger partial charge in [-0.25, -0.2) is 4.79 Å². The number of hydrogen-bond acceptors (Lipinski definition) is 4. The van der Waals surface area contributed by atoms with Crippen LogP contribution in [0, 0.1) is 5.92 Å². The predicted molar refractivity (Wildman–Crippen MR) is 131 cm³/mol. The summed E-state index contributed by atoms with van der Waals surface area (Å²) in [6, 6.07) is 15.4. The molecule has 7 heteroatoms.